The first-order valence-electron chi connectivity index (χ1n) is 7.40. The first-order chi connectivity index (χ1) is 9.83. The number of hydrogen-bond donors (Lipinski definition) is 2. The van der Waals surface area contributed by atoms with E-state index in [1.807, 2.05) is 0 Å². The minimum absolute atomic E-state index is 0.103. The van der Waals surface area contributed by atoms with Gasteiger partial charge in [-0.1, -0.05) is 0 Å². The van der Waals surface area contributed by atoms with Gasteiger partial charge in [-0.25, -0.2) is 4.79 Å². The van der Waals surface area contributed by atoms with Gasteiger partial charge in [0.25, 0.3) is 0 Å². The van der Waals surface area contributed by atoms with Crippen molar-refractivity contribution in [2.24, 2.45) is 17.1 Å². The van der Waals surface area contributed by atoms with Crippen LogP contribution in [-0.2, 0) is 9.59 Å². The number of amides is 3. The van der Waals surface area contributed by atoms with E-state index in [0.29, 0.717) is 39.0 Å². The molecule has 0 aliphatic carbocycles. The van der Waals surface area contributed by atoms with E-state index in [9.17, 15) is 19.5 Å². The zero-order chi connectivity index (χ0) is 15.6. The highest BCUT2D eigenvalue weighted by Crippen LogP contribution is 2.31. The number of piperidine rings is 2. The third-order valence-electron chi connectivity index (χ3n) is 4.75. The van der Waals surface area contributed by atoms with Gasteiger partial charge in [-0.2, -0.15) is 0 Å². The molecule has 1 unspecified atom stereocenters. The van der Waals surface area contributed by atoms with Gasteiger partial charge in [0.2, 0.25) is 5.91 Å². The van der Waals surface area contributed by atoms with Gasteiger partial charge in [0, 0.05) is 26.2 Å². The summed E-state index contributed by atoms with van der Waals surface area (Å²) < 4.78 is 0. The zero-order valence-corrected chi connectivity index (χ0v) is 12.4. The molecule has 3 amide bonds. The van der Waals surface area contributed by atoms with Gasteiger partial charge in [0.1, 0.15) is 0 Å². The fourth-order valence-electron chi connectivity index (χ4n) is 2.99. The van der Waals surface area contributed by atoms with Crippen molar-refractivity contribution in [3.05, 3.63) is 0 Å². The Morgan fingerprint density at radius 3 is 2.29 bits per heavy atom. The number of hydrogen-bond acceptors (Lipinski definition) is 3. The van der Waals surface area contributed by atoms with Gasteiger partial charge in [-0.05, 0) is 32.6 Å². The number of urea groups is 1. The molecule has 0 aromatic carbocycles. The lowest BCUT2D eigenvalue weighted by Crippen LogP contribution is -2.53. The Labute approximate surface area is 124 Å². The highest BCUT2D eigenvalue weighted by Gasteiger charge is 2.39. The highest BCUT2D eigenvalue weighted by atomic mass is 16.4. The predicted molar refractivity (Wildman–Crippen MR) is 75.4 cm³/mol. The van der Waals surface area contributed by atoms with Crippen LogP contribution in [0.25, 0.3) is 0 Å². The molecule has 7 nitrogen and oxygen atoms in total. The first-order valence-corrected chi connectivity index (χ1v) is 7.40. The van der Waals surface area contributed by atoms with Crippen LogP contribution >= 0.6 is 0 Å². The molecule has 0 saturated carbocycles. The van der Waals surface area contributed by atoms with Gasteiger partial charge in [0.15, 0.2) is 0 Å². The van der Waals surface area contributed by atoms with Gasteiger partial charge < -0.3 is 20.6 Å². The predicted octanol–water partition coefficient (Wildman–Crippen LogP) is 0.490. The number of carbonyl (C=O) groups excluding carboxylic acids is 2. The van der Waals surface area contributed by atoms with Gasteiger partial charge in [-0.15, -0.1) is 0 Å². The average molecular weight is 297 g/mol. The molecule has 2 saturated heterocycles. The van der Waals surface area contributed by atoms with Crippen molar-refractivity contribution >= 4 is 17.9 Å². The van der Waals surface area contributed by atoms with E-state index >= 15 is 0 Å². The maximum atomic E-state index is 12.5. The van der Waals surface area contributed by atoms with E-state index in [2.05, 4.69) is 0 Å². The molecule has 3 N–H and O–H groups in total. The summed E-state index contributed by atoms with van der Waals surface area (Å²) in [5, 5.41) is 9.20. The molecule has 2 rings (SSSR count). The fraction of sp³-hybridized carbons (Fsp3) is 0.786. The van der Waals surface area contributed by atoms with Crippen LogP contribution in [0.3, 0.4) is 0 Å². The Hall–Kier alpha value is -1.79. The van der Waals surface area contributed by atoms with Gasteiger partial charge in [-0.3, -0.25) is 9.59 Å². The Bertz CT molecular complexity index is 444. The molecule has 2 heterocycles. The van der Waals surface area contributed by atoms with Gasteiger partial charge >= 0.3 is 12.0 Å². The van der Waals surface area contributed by atoms with Crippen LogP contribution in [0, 0.1) is 11.3 Å². The summed E-state index contributed by atoms with van der Waals surface area (Å²) >= 11 is 0. The number of nitrogens with two attached hydrogens (primary N) is 1. The smallest absolute Gasteiger partial charge is 0.320 e. The zero-order valence-electron chi connectivity index (χ0n) is 12.4. The molecular formula is C14H23N3O4. The maximum Gasteiger partial charge on any atom is 0.320 e. The minimum atomic E-state index is -0.804. The topological polar surface area (TPSA) is 104 Å². The Kier molecular flexibility index (Phi) is 4.39. The molecule has 0 radical (unpaired) electrons. The molecule has 1 atom stereocenters. The summed E-state index contributed by atoms with van der Waals surface area (Å²) in [7, 11) is 0. The lowest BCUT2D eigenvalue weighted by atomic mass is 9.80. The fourth-order valence-corrected chi connectivity index (χ4v) is 2.99. The standard InChI is InChI=1S/C14H23N3O4/c1-14(12(19)20)4-7-16(8-5-14)13(21)17-6-2-3-10(9-17)11(15)18/h10H,2-9H2,1H3,(H2,15,18)(H,19,20). The van der Waals surface area contributed by atoms with Crippen LogP contribution in [0.4, 0.5) is 4.79 Å². The van der Waals surface area contributed by atoms with Crippen molar-refractivity contribution in [1.29, 1.82) is 0 Å². The van der Waals surface area contributed by atoms with Crippen molar-refractivity contribution in [1.82, 2.24) is 9.80 Å². The molecule has 2 aliphatic rings. The number of nitrogens with zero attached hydrogens (tertiary/aromatic N) is 2. The third kappa shape index (κ3) is 3.28. The van der Waals surface area contributed by atoms with E-state index in [-0.39, 0.29) is 17.9 Å². The van der Waals surface area contributed by atoms with Crippen LogP contribution in [0.1, 0.15) is 32.6 Å². The molecule has 0 aromatic heterocycles. The van der Waals surface area contributed by atoms with Crippen molar-refractivity contribution in [2.45, 2.75) is 32.6 Å². The number of likely N-dealkylation sites (tertiary alicyclic amines) is 2. The molecule has 0 bridgehead atoms. The quantitative estimate of drug-likeness (QED) is 0.774. The Morgan fingerprint density at radius 1 is 1.14 bits per heavy atom. The lowest BCUT2D eigenvalue weighted by molar-refractivity contribution is -0.150. The van der Waals surface area contributed by atoms with Gasteiger partial charge in [0.05, 0.1) is 11.3 Å². The second kappa shape index (κ2) is 5.91. The van der Waals surface area contributed by atoms with Crippen LogP contribution in [-0.4, -0.2) is 59.0 Å². The van der Waals surface area contributed by atoms with E-state index in [1.54, 1.807) is 16.7 Å². The van der Waals surface area contributed by atoms with Crippen LogP contribution in [0.15, 0.2) is 0 Å². The SMILES string of the molecule is CC1(C(=O)O)CCN(C(=O)N2CCCC(C(N)=O)C2)CC1. The number of primary amides is 1. The number of aliphatic carboxylic acids is 1. The highest BCUT2D eigenvalue weighted by molar-refractivity contribution is 5.80. The number of carbonyl (C=O) groups is 3. The molecule has 0 aromatic rings. The maximum absolute atomic E-state index is 12.5. The first kappa shape index (κ1) is 15.6. The second-order valence-electron chi connectivity index (χ2n) is 6.32. The largest absolute Gasteiger partial charge is 0.481 e. The van der Waals surface area contributed by atoms with Crippen LogP contribution < -0.4 is 5.73 Å². The third-order valence-corrected chi connectivity index (χ3v) is 4.75. The number of carboxylic acid groups (broad SMARTS) is 1. The molecular weight excluding hydrogens is 274 g/mol. The lowest BCUT2D eigenvalue weighted by Gasteiger charge is -2.40. The Morgan fingerprint density at radius 2 is 1.76 bits per heavy atom. The van der Waals surface area contributed by atoms with E-state index in [1.165, 1.54) is 0 Å². The molecule has 2 fully saturated rings. The molecule has 21 heavy (non-hydrogen) atoms. The second-order valence-corrected chi connectivity index (χ2v) is 6.32. The normalized spacial score (nSPS) is 25.5. The van der Waals surface area contributed by atoms with Crippen molar-refractivity contribution in [3.63, 3.8) is 0 Å². The van der Waals surface area contributed by atoms with E-state index in [0.717, 1.165) is 12.8 Å². The minimum Gasteiger partial charge on any atom is -0.481 e. The molecule has 7 heteroatoms. The molecule has 118 valence electrons. The van der Waals surface area contributed by atoms with E-state index < -0.39 is 11.4 Å². The summed E-state index contributed by atoms with van der Waals surface area (Å²) in [6.07, 6.45) is 2.43. The summed E-state index contributed by atoms with van der Waals surface area (Å²) in [6.45, 7) is 3.62. The average Bonchev–Trinajstić information content (AvgIpc) is 2.47. The number of rotatable bonds is 2. The summed E-state index contributed by atoms with van der Waals surface area (Å²) in [5.41, 5.74) is 4.58. The van der Waals surface area contributed by atoms with Crippen LogP contribution in [0.2, 0.25) is 0 Å². The van der Waals surface area contributed by atoms with Crippen molar-refractivity contribution < 1.29 is 19.5 Å². The monoisotopic (exact) mass is 297 g/mol. The summed E-state index contributed by atoms with van der Waals surface area (Å²) in [5.74, 6) is -1.43. The Balaban J connectivity index is 1.93. The molecule has 0 spiro atoms. The summed E-state index contributed by atoms with van der Waals surface area (Å²) in [4.78, 5) is 38.3. The number of carboxylic acids is 1. The van der Waals surface area contributed by atoms with E-state index in [4.69, 9.17) is 5.73 Å². The molecule has 2 aliphatic heterocycles. The van der Waals surface area contributed by atoms with Crippen LogP contribution in [0.5, 0.6) is 0 Å². The van der Waals surface area contributed by atoms with Crippen molar-refractivity contribution in [3.8, 4) is 0 Å². The van der Waals surface area contributed by atoms with Crippen molar-refractivity contribution in [2.75, 3.05) is 26.2 Å². The summed E-state index contributed by atoms with van der Waals surface area (Å²) in [6, 6.07) is -0.103.